The Bertz CT molecular complexity index is 997. The summed E-state index contributed by atoms with van der Waals surface area (Å²) >= 11 is 2.27. The molecule has 0 N–H and O–H groups in total. The summed E-state index contributed by atoms with van der Waals surface area (Å²) < 4.78 is 1.15. The third kappa shape index (κ3) is 3.45. The van der Waals surface area contributed by atoms with Crippen LogP contribution in [0.15, 0.2) is 95.6 Å². The van der Waals surface area contributed by atoms with Gasteiger partial charge in [0.1, 0.15) is 11.5 Å². The molecule has 0 bridgehead atoms. The van der Waals surface area contributed by atoms with Crippen LogP contribution < -0.4 is 0 Å². The van der Waals surface area contributed by atoms with E-state index >= 15 is 0 Å². The summed E-state index contributed by atoms with van der Waals surface area (Å²) in [6.45, 7) is 0. The van der Waals surface area contributed by atoms with Gasteiger partial charge in [0.15, 0.2) is 0 Å². The van der Waals surface area contributed by atoms with Gasteiger partial charge >= 0.3 is 0 Å². The van der Waals surface area contributed by atoms with Crippen molar-refractivity contribution in [2.75, 3.05) is 7.05 Å². The fraction of sp³-hybridized carbons (Fsp3) is 0.0435. The summed E-state index contributed by atoms with van der Waals surface area (Å²) in [6.07, 6.45) is 0. The van der Waals surface area contributed by atoms with E-state index in [1.165, 1.54) is 0 Å². The third-order valence-electron chi connectivity index (χ3n) is 4.51. The molecule has 0 radical (unpaired) electrons. The number of rotatable bonds is 3. The van der Waals surface area contributed by atoms with Crippen molar-refractivity contribution in [3.63, 3.8) is 0 Å². The molecule has 3 aromatic carbocycles. The SMILES string of the molecule is CN1C(=O)C(=C(c2ccccc2)c2ccccc2)N=C1c1ccc(I)cc1. The van der Waals surface area contributed by atoms with Gasteiger partial charge in [-0.25, -0.2) is 4.99 Å². The number of hydrogen-bond donors (Lipinski definition) is 0. The highest BCUT2D eigenvalue weighted by Crippen LogP contribution is 2.32. The Morgan fingerprint density at radius 3 is 1.85 bits per heavy atom. The van der Waals surface area contributed by atoms with Gasteiger partial charge < -0.3 is 0 Å². The van der Waals surface area contributed by atoms with Gasteiger partial charge in [0, 0.05) is 21.8 Å². The highest BCUT2D eigenvalue weighted by Gasteiger charge is 2.31. The number of nitrogens with zero attached hydrogens (tertiary/aromatic N) is 2. The van der Waals surface area contributed by atoms with Gasteiger partial charge in [0.05, 0.1) is 0 Å². The molecule has 0 saturated carbocycles. The zero-order valence-corrected chi connectivity index (χ0v) is 16.9. The lowest BCUT2D eigenvalue weighted by atomic mass is 9.96. The van der Waals surface area contributed by atoms with E-state index in [1.54, 1.807) is 11.9 Å². The monoisotopic (exact) mass is 464 g/mol. The van der Waals surface area contributed by atoms with Crippen LogP contribution in [0.5, 0.6) is 0 Å². The Morgan fingerprint density at radius 1 is 0.815 bits per heavy atom. The molecule has 1 amide bonds. The summed E-state index contributed by atoms with van der Waals surface area (Å²) in [4.78, 5) is 19.5. The number of amides is 1. The van der Waals surface area contributed by atoms with Gasteiger partial charge in [-0.15, -0.1) is 0 Å². The van der Waals surface area contributed by atoms with Crippen LogP contribution in [0.2, 0.25) is 0 Å². The number of carbonyl (C=O) groups excluding carboxylic acids is 1. The first-order valence-electron chi connectivity index (χ1n) is 8.63. The normalized spacial score (nSPS) is 13.7. The lowest BCUT2D eigenvalue weighted by Gasteiger charge is -2.13. The maximum absolute atomic E-state index is 13.1. The van der Waals surface area contributed by atoms with Crippen molar-refractivity contribution in [1.29, 1.82) is 0 Å². The molecule has 3 nitrogen and oxygen atoms in total. The lowest BCUT2D eigenvalue weighted by Crippen LogP contribution is -2.28. The predicted octanol–water partition coefficient (Wildman–Crippen LogP) is 4.97. The molecule has 1 aliphatic heterocycles. The largest absolute Gasteiger partial charge is 0.294 e. The fourth-order valence-electron chi connectivity index (χ4n) is 3.15. The topological polar surface area (TPSA) is 32.7 Å². The van der Waals surface area contributed by atoms with Gasteiger partial charge in [-0.2, -0.15) is 0 Å². The van der Waals surface area contributed by atoms with E-state index in [0.29, 0.717) is 11.5 Å². The van der Waals surface area contributed by atoms with Crippen LogP contribution in [0.1, 0.15) is 16.7 Å². The number of amidine groups is 1. The van der Waals surface area contributed by atoms with Crippen LogP contribution in [0.3, 0.4) is 0 Å². The summed E-state index contributed by atoms with van der Waals surface area (Å²) in [7, 11) is 1.78. The van der Waals surface area contributed by atoms with Crippen molar-refractivity contribution in [2.45, 2.75) is 0 Å². The lowest BCUT2D eigenvalue weighted by molar-refractivity contribution is -0.121. The molecule has 0 aromatic heterocycles. The van der Waals surface area contributed by atoms with E-state index in [2.05, 4.69) is 22.6 Å². The molecule has 0 saturated heterocycles. The zero-order valence-electron chi connectivity index (χ0n) is 14.8. The Kier molecular flexibility index (Phi) is 4.90. The molecule has 27 heavy (non-hydrogen) atoms. The van der Waals surface area contributed by atoms with Gasteiger partial charge in [-0.1, -0.05) is 72.8 Å². The molecule has 3 aromatic rings. The molecular formula is C23H17IN2O. The number of carbonyl (C=O) groups is 1. The molecule has 4 rings (SSSR count). The van der Waals surface area contributed by atoms with Crippen LogP contribution in [0.25, 0.3) is 5.57 Å². The molecule has 0 fully saturated rings. The van der Waals surface area contributed by atoms with Gasteiger partial charge in [0.25, 0.3) is 5.91 Å². The quantitative estimate of drug-likeness (QED) is 0.398. The maximum Gasteiger partial charge on any atom is 0.278 e. The number of aliphatic imine (C=N–C) groups is 1. The standard InChI is InChI=1S/C23H17IN2O/c1-26-22(18-12-14-19(24)15-13-18)25-21(23(26)27)20(16-8-4-2-5-9-16)17-10-6-3-7-11-17/h2-15H,1H3. The molecule has 1 aliphatic rings. The number of halogens is 1. The second-order valence-corrected chi connectivity index (χ2v) is 7.51. The minimum Gasteiger partial charge on any atom is -0.294 e. The van der Waals surface area contributed by atoms with Gasteiger partial charge in [-0.3, -0.25) is 9.69 Å². The van der Waals surface area contributed by atoms with E-state index in [4.69, 9.17) is 4.99 Å². The first-order valence-corrected chi connectivity index (χ1v) is 9.71. The first-order chi connectivity index (χ1) is 13.1. The highest BCUT2D eigenvalue weighted by atomic mass is 127. The van der Waals surface area contributed by atoms with Crippen LogP contribution in [-0.2, 0) is 4.79 Å². The summed E-state index contributed by atoms with van der Waals surface area (Å²) in [6, 6.07) is 28.0. The van der Waals surface area contributed by atoms with Crippen molar-refractivity contribution in [3.8, 4) is 0 Å². The third-order valence-corrected chi connectivity index (χ3v) is 5.23. The molecule has 0 unspecified atom stereocenters. The van der Waals surface area contributed by atoms with Gasteiger partial charge in [0.2, 0.25) is 0 Å². The Hall–Kier alpha value is -2.73. The molecule has 1 heterocycles. The van der Waals surface area contributed by atoms with E-state index in [0.717, 1.165) is 25.8 Å². The van der Waals surface area contributed by atoms with E-state index in [1.807, 2.05) is 84.9 Å². The smallest absolute Gasteiger partial charge is 0.278 e. The second-order valence-electron chi connectivity index (χ2n) is 6.26. The minimum atomic E-state index is -0.0914. The van der Waals surface area contributed by atoms with E-state index < -0.39 is 0 Å². The highest BCUT2D eigenvalue weighted by molar-refractivity contribution is 14.1. The van der Waals surface area contributed by atoms with Gasteiger partial charge in [-0.05, 0) is 45.9 Å². The van der Waals surface area contributed by atoms with Crippen LogP contribution in [0, 0.1) is 3.57 Å². The molecule has 0 spiro atoms. The van der Waals surface area contributed by atoms with Crippen molar-refractivity contribution in [2.24, 2.45) is 4.99 Å². The predicted molar refractivity (Wildman–Crippen MR) is 117 cm³/mol. The van der Waals surface area contributed by atoms with E-state index in [-0.39, 0.29) is 5.91 Å². The molecule has 4 heteroatoms. The van der Waals surface area contributed by atoms with Crippen molar-refractivity contribution >= 4 is 39.9 Å². The number of likely N-dealkylation sites (N-methyl/N-ethyl adjacent to an activating group) is 1. The fourth-order valence-corrected chi connectivity index (χ4v) is 3.51. The summed E-state index contributed by atoms with van der Waals surface area (Å²) in [5, 5.41) is 0. The Morgan fingerprint density at radius 2 is 1.33 bits per heavy atom. The average Bonchev–Trinajstić information content (AvgIpc) is 3.00. The van der Waals surface area contributed by atoms with Crippen LogP contribution in [0.4, 0.5) is 0 Å². The second kappa shape index (κ2) is 7.48. The Labute approximate surface area is 172 Å². The van der Waals surface area contributed by atoms with Crippen molar-refractivity contribution in [3.05, 3.63) is 111 Å². The van der Waals surface area contributed by atoms with Crippen LogP contribution in [-0.4, -0.2) is 23.7 Å². The summed E-state index contributed by atoms with van der Waals surface area (Å²) in [5.74, 6) is 0.585. The van der Waals surface area contributed by atoms with Crippen molar-refractivity contribution in [1.82, 2.24) is 4.90 Å². The number of hydrogen-bond acceptors (Lipinski definition) is 2. The first kappa shape index (κ1) is 17.7. The molecular weight excluding hydrogens is 447 g/mol. The number of benzene rings is 3. The van der Waals surface area contributed by atoms with E-state index in [9.17, 15) is 4.79 Å². The Balaban J connectivity index is 1.93. The van der Waals surface area contributed by atoms with Crippen LogP contribution >= 0.6 is 22.6 Å². The summed E-state index contributed by atoms with van der Waals surface area (Å²) in [5.41, 5.74) is 4.22. The molecule has 0 atom stereocenters. The molecule has 132 valence electrons. The van der Waals surface area contributed by atoms with Crippen molar-refractivity contribution < 1.29 is 4.79 Å². The maximum atomic E-state index is 13.1. The average molecular weight is 464 g/mol. The minimum absolute atomic E-state index is 0.0914. The zero-order chi connectivity index (χ0) is 18.8. The molecule has 0 aliphatic carbocycles.